The average molecular weight is 725 g/mol. The van der Waals surface area contributed by atoms with Crippen molar-refractivity contribution >= 4 is 86.3 Å². The quantitative estimate of drug-likeness (QED) is 0.0477. The third-order valence-corrected chi connectivity index (χ3v) is 11.0. The number of alkyl halides is 1. The van der Waals surface area contributed by atoms with E-state index in [4.69, 9.17) is 14.5 Å². The third-order valence-electron chi connectivity index (χ3n) is 6.27. The van der Waals surface area contributed by atoms with Crippen LogP contribution in [-0.4, -0.2) is 58.5 Å². The lowest BCUT2D eigenvalue weighted by atomic mass is 10.2. The van der Waals surface area contributed by atoms with E-state index in [1.807, 2.05) is 37.1 Å². The van der Waals surface area contributed by atoms with E-state index < -0.39 is 8.07 Å². The first-order chi connectivity index (χ1) is 19.6. The summed E-state index contributed by atoms with van der Waals surface area (Å²) >= 11 is 5.45. The van der Waals surface area contributed by atoms with E-state index in [0.717, 1.165) is 55.4 Å². The van der Waals surface area contributed by atoms with E-state index in [-0.39, 0.29) is 5.97 Å². The predicted octanol–water partition coefficient (Wildman–Crippen LogP) is 7.11. The van der Waals surface area contributed by atoms with Crippen LogP contribution in [0.4, 0.5) is 16.8 Å². The van der Waals surface area contributed by atoms with E-state index in [1.165, 1.54) is 11.3 Å². The zero-order valence-corrected chi connectivity index (χ0v) is 29.2. The molecule has 4 aromatic rings. The molecule has 0 bridgehead atoms. The number of hydrogen-bond acceptors (Lipinski definition) is 10. The van der Waals surface area contributed by atoms with Gasteiger partial charge in [-0.25, -0.2) is 9.78 Å². The number of benzene rings is 1. The molecular formula is C28H37IN6O3S2Si. The molecule has 9 nitrogen and oxygen atoms in total. The van der Waals surface area contributed by atoms with Crippen LogP contribution < -0.4 is 9.70 Å². The van der Waals surface area contributed by atoms with Crippen LogP contribution in [0.3, 0.4) is 0 Å². The van der Waals surface area contributed by atoms with Crippen LogP contribution in [-0.2, 0) is 22.6 Å². The first-order valence-corrected chi connectivity index (χ1v) is 20.5. The molecule has 0 amide bonds. The highest BCUT2D eigenvalue weighted by Gasteiger charge is 2.22. The third kappa shape index (κ3) is 8.21. The number of fused-ring (bicyclic) bond motifs is 1. The van der Waals surface area contributed by atoms with Gasteiger partial charge in [0.2, 0.25) is 0 Å². The number of aryl methyl sites for hydroxylation is 2. The van der Waals surface area contributed by atoms with Gasteiger partial charge >= 0.3 is 5.97 Å². The standard InChI is InChI=1S/C28H37IN6O3S2Si/c1-7-38-26(36)24-22(13-10-14-29)40-27(30-24)34(3)23-17-19(2)25(33-32-23)31-28-35(18-37-15-16-41(4,5)6)20-11-8-9-12-21(20)39-28/h8-9,11-12,17H,7,10,13-16,18H2,1-6H3/b31-28-. The van der Waals surface area contributed by atoms with Gasteiger partial charge < -0.3 is 14.4 Å². The SMILES string of the molecule is CCOC(=O)c1nc(N(C)c2cc(C)c(/N=c3\sc4ccccc4n3COCC[Si](C)(C)C)nn2)sc1CCCI. The molecule has 220 valence electrons. The number of para-hydroxylation sites is 1. The van der Waals surface area contributed by atoms with Gasteiger partial charge in [-0.3, -0.25) is 4.57 Å². The molecule has 3 aromatic heterocycles. The van der Waals surface area contributed by atoms with Gasteiger partial charge in [0.1, 0.15) is 6.73 Å². The number of halogens is 1. The van der Waals surface area contributed by atoms with Crippen molar-refractivity contribution in [3.63, 3.8) is 0 Å². The van der Waals surface area contributed by atoms with Crippen LogP contribution in [0.1, 0.15) is 34.3 Å². The summed E-state index contributed by atoms with van der Waals surface area (Å²) in [4.78, 5) is 25.7. The van der Waals surface area contributed by atoms with Gasteiger partial charge in [0.25, 0.3) is 0 Å². The van der Waals surface area contributed by atoms with Gasteiger partial charge in [-0.15, -0.1) is 21.5 Å². The Bertz CT molecular complexity index is 1560. The van der Waals surface area contributed by atoms with Gasteiger partial charge in [-0.05, 0) is 60.9 Å². The first-order valence-electron chi connectivity index (χ1n) is 13.6. The molecule has 0 radical (unpaired) electrons. The molecular weight excluding hydrogens is 687 g/mol. The molecule has 0 saturated carbocycles. The maximum atomic E-state index is 12.5. The summed E-state index contributed by atoms with van der Waals surface area (Å²) in [5.74, 6) is 0.799. The van der Waals surface area contributed by atoms with Crippen molar-refractivity contribution < 1.29 is 14.3 Å². The molecule has 3 heterocycles. The highest BCUT2D eigenvalue weighted by atomic mass is 127. The lowest BCUT2D eigenvalue weighted by Crippen LogP contribution is -2.23. The highest BCUT2D eigenvalue weighted by Crippen LogP contribution is 2.32. The lowest BCUT2D eigenvalue weighted by Gasteiger charge is -2.16. The van der Waals surface area contributed by atoms with Gasteiger partial charge in [-0.2, -0.15) is 4.99 Å². The van der Waals surface area contributed by atoms with Crippen molar-refractivity contribution in [1.82, 2.24) is 19.7 Å². The van der Waals surface area contributed by atoms with Crippen molar-refractivity contribution in [1.29, 1.82) is 0 Å². The fourth-order valence-corrected chi connectivity index (χ4v) is 7.15. The van der Waals surface area contributed by atoms with E-state index in [2.05, 4.69) is 74.1 Å². The second kappa shape index (κ2) is 14.3. The Labute approximate surface area is 263 Å². The van der Waals surface area contributed by atoms with E-state index >= 15 is 0 Å². The van der Waals surface area contributed by atoms with Crippen LogP contribution >= 0.6 is 45.3 Å². The molecule has 0 N–H and O–H groups in total. The fraction of sp³-hybridized carbons (Fsp3) is 0.464. The maximum Gasteiger partial charge on any atom is 0.358 e. The van der Waals surface area contributed by atoms with Crippen LogP contribution in [0.25, 0.3) is 10.2 Å². The van der Waals surface area contributed by atoms with Crippen molar-refractivity contribution in [3.05, 3.63) is 51.3 Å². The first kappa shape index (κ1) is 31.7. The molecule has 0 aliphatic rings. The summed E-state index contributed by atoms with van der Waals surface area (Å²) in [5, 5.41) is 9.64. The summed E-state index contributed by atoms with van der Waals surface area (Å²) < 4.78 is 15.6. The number of rotatable bonds is 13. The zero-order chi connectivity index (χ0) is 29.6. The van der Waals surface area contributed by atoms with Gasteiger partial charge in [0.15, 0.2) is 27.3 Å². The number of carbonyl (C=O) groups excluding carboxylic acids is 1. The molecule has 0 aliphatic heterocycles. The summed E-state index contributed by atoms with van der Waals surface area (Å²) in [5.41, 5.74) is 2.37. The van der Waals surface area contributed by atoms with E-state index in [0.29, 0.717) is 35.8 Å². The molecule has 41 heavy (non-hydrogen) atoms. The Morgan fingerprint density at radius 2 is 1.98 bits per heavy atom. The Kier molecular flexibility index (Phi) is 11.1. The van der Waals surface area contributed by atoms with Crippen LogP contribution in [0.5, 0.6) is 0 Å². The van der Waals surface area contributed by atoms with Gasteiger partial charge in [-0.1, -0.05) is 65.7 Å². The molecule has 4 rings (SSSR count). The molecule has 0 saturated heterocycles. The van der Waals surface area contributed by atoms with Gasteiger partial charge in [0, 0.05) is 26.6 Å². The van der Waals surface area contributed by atoms with E-state index in [1.54, 1.807) is 18.3 Å². The number of aromatic nitrogens is 4. The minimum Gasteiger partial charge on any atom is -0.461 e. The lowest BCUT2D eigenvalue weighted by molar-refractivity contribution is 0.0519. The fourth-order valence-electron chi connectivity index (χ4n) is 3.93. The molecule has 0 unspecified atom stereocenters. The topological polar surface area (TPSA) is 94.7 Å². The Hall–Kier alpha value is -2.20. The number of nitrogens with zero attached hydrogens (tertiary/aromatic N) is 6. The van der Waals surface area contributed by atoms with E-state index in [9.17, 15) is 4.79 Å². The molecule has 1 aromatic carbocycles. The molecule has 0 aliphatic carbocycles. The smallest absolute Gasteiger partial charge is 0.358 e. The van der Waals surface area contributed by atoms with Crippen LogP contribution in [0.2, 0.25) is 25.7 Å². The Balaban J connectivity index is 1.62. The van der Waals surface area contributed by atoms with Crippen LogP contribution in [0, 0.1) is 6.92 Å². The largest absolute Gasteiger partial charge is 0.461 e. The zero-order valence-electron chi connectivity index (χ0n) is 24.4. The second-order valence-corrected chi connectivity index (χ2v) is 19.6. The van der Waals surface area contributed by atoms with Crippen molar-refractivity contribution in [2.45, 2.75) is 59.1 Å². The molecule has 0 spiro atoms. The highest BCUT2D eigenvalue weighted by molar-refractivity contribution is 14.1. The van der Waals surface area contributed by atoms with Crippen molar-refractivity contribution in [2.75, 3.05) is 29.6 Å². The minimum atomic E-state index is -1.18. The normalized spacial score (nSPS) is 12.3. The number of thiazole rings is 2. The van der Waals surface area contributed by atoms with Crippen LogP contribution in [0.15, 0.2) is 35.3 Å². The Morgan fingerprint density at radius 1 is 1.20 bits per heavy atom. The minimum absolute atomic E-state index is 0.313. The number of hydrogen-bond donors (Lipinski definition) is 0. The molecule has 0 fully saturated rings. The summed E-state index contributed by atoms with van der Waals surface area (Å²) in [6.07, 6.45) is 1.75. The second-order valence-electron chi connectivity index (χ2n) is 10.8. The van der Waals surface area contributed by atoms with Gasteiger partial charge in [0.05, 0.1) is 16.8 Å². The average Bonchev–Trinajstić information content (AvgIpc) is 3.51. The van der Waals surface area contributed by atoms with Crippen molar-refractivity contribution in [2.24, 2.45) is 4.99 Å². The number of carbonyl (C=O) groups is 1. The number of anilines is 2. The predicted molar refractivity (Wildman–Crippen MR) is 179 cm³/mol. The number of esters is 1. The number of ether oxygens (including phenoxy) is 2. The molecule has 13 heteroatoms. The monoisotopic (exact) mass is 724 g/mol. The molecule has 0 atom stereocenters. The maximum absolute atomic E-state index is 12.5. The summed E-state index contributed by atoms with van der Waals surface area (Å²) in [7, 11) is 0.707. The van der Waals surface area contributed by atoms with Crippen molar-refractivity contribution in [3.8, 4) is 0 Å². The Morgan fingerprint density at radius 3 is 2.68 bits per heavy atom. The summed E-state index contributed by atoms with van der Waals surface area (Å²) in [6, 6.07) is 11.3. The summed E-state index contributed by atoms with van der Waals surface area (Å²) in [6.45, 7) is 12.3.